The summed E-state index contributed by atoms with van der Waals surface area (Å²) in [6, 6.07) is 0. The SMILES string of the molecule is NCC1(C(=O)Nc2cn[nH]c2)CCOCC1. The van der Waals surface area contributed by atoms with Crippen LogP contribution >= 0.6 is 0 Å². The average Bonchev–Trinajstić information content (AvgIpc) is 2.82. The molecule has 1 aliphatic rings. The van der Waals surface area contributed by atoms with Gasteiger partial charge in [-0.3, -0.25) is 9.89 Å². The van der Waals surface area contributed by atoms with Gasteiger partial charge in [0.15, 0.2) is 0 Å². The van der Waals surface area contributed by atoms with Gasteiger partial charge in [-0.05, 0) is 12.8 Å². The number of hydrogen-bond donors (Lipinski definition) is 3. The van der Waals surface area contributed by atoms with Crippen molar-refractivity contribution in [3.05, 3.63) is 12.4 Å². The molecule has 0 unspecified atom stereocenters. The highest BCUT2D eigenvalue weighted by molar-refractivity contribution is 5.95. The van der Waals surface area contributed by atoms with E-state index >= 15 is 0 Å². The standard InChI is InChI=1S/C10H16N4O2/c11-7-10(1-3-16-4-2-10)9(15)14-8-5-12-13-6-8/h5-6H,1-4,7,11H2,(H,12,13)(H,14,15). The van der Waals surface area contributed by atoms with Gasteiger partial charge in [-0.2, -0.15) is 5.10 Å². The van der Waals surface area contributed by atoms with Crippen LogP contribution in [-0.4, -0.2) is 35.9 Å². The van der Waals surface area contributed by atoms with E-state index in [9.17, 15) is 4.79 Å². The van der Waals surface area contributed by atoms with Crippen LogP contribution in [0.25, 0.3) is 0 Å². The van der Waals surface area contributed by atoms with E-state index in [1.807, 2.05) is 0 Å². The molecule has 0 spiro atoms. The van der Waals surface area contributed by atoms with Crippen LogP contribution in [-0.2, 0) is 9.53 Å². The normalized spacial score (nSPS) is 19.3. The number of aromatic amines is 1. The summed E-state index contributed by atoms with van der Waals surface area (Å²) in [6.07, 6.45) is 4.56. The van der Waals surface area contributed by atoms with Crippen molar-refractivity contribution >= 4 is 11.6 Å². The first kappa shape index (κ1) is 11.1. The molecule has 1 aromatic rings. The highest BCUT2D eigenvalue weighted by Gasteiger charge is 2.38. The predicted molar refractivity (Wildman–Crippen MR) is 58.8 cm³/mol. The van der Waals surface area contributed by atoms with Crippen molar-refractivity contribution in [1.82, 2.24) is 10.2 Å². The quantitative estimate of drug-likeness (QED) is 0.679. The molecule has 0 bridgehead atoms. The summed E-state index contributed by atoms with van der Waals surface area (Å²) < 4.78 is 5.26. The minimum atomic E-state index is -0.491. The summed E-state index contributed by atoms with van der Waals surface area (Å²) in [5, 5.41) is 9.24. The number of carbonyl (C=O) groups is 1. The number of hydrogen-bond acceptors (Lipinski definition) is 4. The van der Waals surface area contributed by atoms with Gasteiger partial charge in [0, 0.05) is 26.0 Å². The molecule has 1 aliphatic heterocycles. The van der Waals surface area contributed by atoms with Crippen molar-refractivity contribution in [2.24, 2.45) is 11.1 Å². The van der Waals surface area contributed by atoms with Crippen LogP contribution < -0.4 is 11.1 Å². The highest BCUT2D eigenvalue weighted by atomic mass is 16.5. The summed E-state index contributed by atoms with van der Waals surface area (Å²) in [5.41, 5.74) is 5.91. The van der Waals surface area contributed by atoms with E-state index in [1.165, 1.54) is 0 Å². The minimum Gasteiger partial charge on any atom is -0.381 e. The smallest absolute Gasteiger partial charge is 0.232 e. The lowest BCUT2D eigenvalue weighted by molar-refractivity contribution is -0.130. The second-order valence-corrected chi connectivity index (χ2v) is 4.04. The third-order valence-corrected chi connectivity index (χ3v) is 3.08. The van der Waals surface area contributed by atoms with Crippen LogP contribution in [0.5, 0.6) is 0 Å². The molecule has 6 heteroatoms. The molecule has 1 fully saturated rings. The zero-order valence-electron chi connectivity index (χ0n) is 9.03. The van der Waals surface area contributed by atoms with E-state index < -0.39 is 5.41 Å². The molecule has 1 amide bonds. The Kier molecular flexibility index (Phi) is 3.21. The number of nitrogens with one attached hydrogen (secondary N) is 2. The molecule has 2 rings (SSSR count). The van der Waals surface area contributed by atoms with Gasteiger partial charge in [0.05, 0.1) is 17.3 Å². The Morgan fingerprint density at radius 1 is 1.62 bits per heavy atom. The number of amides is 1. The molecule has 1 aromatic heterocycles. The first-order valence-electron chi connectivity index (χ1n) is 5.35. The summed E-state index contributed by atoms with van der Waals surface area (Å²) in [5.74, 6) is -0.0419. The van der Waals surface area contributed by atoms with E-state index in [2.05, 4.69) is 15.5 Å². The summed E-state index contributed by atoms with van der Waals surface area (Å²) >= 11 is 0. The third kappa shape index (κ3) is 2.07. The molecule has 1 saturated heterocycles. The monoisotopic (exact) mass is 224 g/mol. The van der Waals surface area contributed by atoms with Crippen molar-refractivity contribution in [3.8, 4) is 0 Å². The predicted octanol–water partition coefficient (Wildman–Crippen LogP) is 0.104. The van der Waals surface area contributed by atoms with Gasteiger partial charge in [0.2, 0.25) is 5.91 Å². The number of aromatic nitrogens is 2. The Morgan fingerprint density at radius 2 is 2.38 bits per heavy atom. The van der Waals surface area contributed by atoms with E-state index in [0.29, 0.717) is 38.3 Å². The van der Waals surface area contributed by atoms with E-state index in [4.69, 9.17) is 10.5 Å². The summed E-state index contributed by atoms with van der Waals surface area (Å²) in [4.78, 5) is 12.1. The van der Waals surface area contributed by atoms with E-state index in [0.717, 1.165) is 0 Å². The van der Waals surface area contributed by atoms with Crippen molar-refractivity contribution in [2.75, 3.05) is 25.1 Å². The van der Waals surface area contributed by atoms with Gasteiger partial charge in [-0.15, -0.1) is 0 Å². The third-order valence-electron chi connectivity index (χ3n) is 3.08. The number of rotatable bonds is 3. The van der Waals surface area contributed by atoms with Gasteiger partial charge in [-0.1, -0.05) is 0 Å². The van der Waals surface area contributed by atoms with Crippen molar-refractivity contribution < 1.29 is 9.53 Å². The topological polar surface area (TPSA) is 93.0 Å². The van der Waals surface area contributed by atoms with Gasteiger partial charge in [0.25, 0.3) is 0 Å². The maximum absolute atomic E-state index is 12.1. The van der Waals surface area contributed by atoms with Crippen molar-refractivity contribution in [3.63, 3.8) is 0 Å². The fourth-order valence-corrected chi connectivity index (χ4v) is 1.87. The fourth-order valence-electron chi connectivity index (χ4n) is 1.87. The largest absolute Gasteiger partial charge is 0.381 e. The molecule has 0 radical (unpaired) electrons. The summed E-state index contributed by atoms with van der Waals surface area (Å²) in [7, 11) is 0. The second kappa shape index (κ2) is 4.63. The molecule has 16 heavy (non-hydrogen) atoms. The number of H-pyrrole nitrogens is 1. The van der Waals surface area contributed by atoms with Gasteiger partial charge in [0.1, 0.15) is 0 Å². The van der Waals surface area contributed by atoms with Gasteiger partial charge >= 0.3 is 0 Å². The van der Waals surface area contributed by atoms with Crippen LogP contribution in [0.1, 0.15) is 12.8 Å². The number of nitrogens with two attached hydrogens (primary N) is 1. The molecule has 2 heterocycles. The molecule has 6 nitrogen and oxygen atoms in total. The van der Waals surface area contributed by atoms with Crippen molar-refractivity contribution in [2.45, 2.75) is 12.8 Å². The molecule has 0 aliphatic carbocycles. The molecule has 88 valence electrons. The Bertz CT molecular complexity index is 344. The molecular formula is C10H16N4O2. The molecule has 0 atom stereocenters. The number of carbonyl (C=O) groups excluding carboxylic acids is 1. The maximum Gasteiger partial charge on any atom is 0.232 e. The highest BCUT2D eigenvalue weighted by Crippen LogP contribution is 2.30. The number of ether oxygens (including phenoxy) is 1. The lowest BCUT2D eigenvalue weighted by atomic mass is 9.79. The lowest BCUT2D eigenvalue weighted by Gasteiger charge is -2.34. The van der Waals surface area contributed by atoms with Crippen LogP contribution in [0.2, 0.25) is 0 Å². The van der Waals surface area contributed by atoms with E-state index in [-0.39, 0.29) is 5.91 Å². The Labute approximate surface area is 93.5 Å². The molecular weight excluding hydrogens is 208 g/mol. The minimum absolute atomic E-state index is 0.0419. The molecule has 0 aromatic carbocycles. The Morgan fingerprint density at radius 3 is 2.94 bits per heavy atom. The Balaban J connectivity index is 2.06. The zero-order chi connectivity index (χ0) is 11.4. The second-order valence-electron chi connectivity index (χ2n) is 4.04. The van der Waals surface area contributed by atoms with Crippen LogP contribution in [0.4, 0.5) is 5.69 Å². The maximum atomic E-state index is 12.1. The van der Waals surface area contributed by atoms with Gasteiger partial charge in [-0.25, -0.2) is 0 Å². The Hall–Kier alpha value is -1.40. The zero-order valence-corrected chi connectivity index (χ0v) is 9.03. The van der Waals surface area contributed by atoms with Crippen LogP contribution in [0.15, 0.2) is 12.4 Å². The number of nitrogens with zero attached hydrogens (tertiary/aromatic N) is 1. The lowest BCUT2D eigenvalue weighted by Crippen LogP contribution is -2.46. The average molecular weight is 224 g/mol. The van der Waals surface area contributed by atoms with Gasteiger partial charge < -0.3 is 15.8 Å². The van der Waals surface area contributed by atoms with Crippen LogP contribution in [0, 0.1) is 5.41 Å². The molecule has 0 saturated carbocycles. The van der Waals surface area contributed by atoms with Crippen molar-refractivity contribution in [1.29, 1.82) is 0 Å². The van der Waals surface area contributed by atoms with E-state index in [1.54, 1.807) is 12.4 Å². The first-order chi connectivity index (χ1) is 7.77. The molecule has 4 N–H and O–H groups in total. The van der Waals surface area contributed by atoms with Crippen LogP contribution in [0.3, 0.4) is 0 Å². The first-order valence-corrected chi connectivity index (χ1v) is 5.35. The fraction of sp³-hybridized carbons (Fsp3) is 0.600. The number of anilines is 1. The summed E-state index contributed by atoms with van der Waals surface area (Å²) in [6.45, 7) is 1.53.